The predicted molar refractivity (Wildman–Crippen MR) is 57.5 cm³/mol. The highest BCUT2D eigenvalue weighted by atomic mass is 16.5. The Morgan fingerprint density at radius 1 is 1.53 bits per heavy atom. The molecule has 0 saturated heterocycles. The number of rotatable bonds is 4. The van der Waals surface area contributed by atoms with Crippen LogP contribution in [0.4, 0.5) is 0 Å². The first-order chi connectivity index (χ1) is 7.40. The smallest absolute Gasteiger partial charge is 0.115 e. The number of hydrogen-bond acceptors (Lipinski definition) is 4. The van der Waals surface area contributed by atoms with E-state index in [-0.39, 0.29) is 0 Å². The lowest BCUT2D eigenvalue weighted by molar-refractivity contribution is 0.166. The van der Waals surface area contributed by atoms with Gasteiger partial charge in [0.05, 0.1) is 5.69 Å². The lowest BCUT2D eigenvalue weighted by atomic mass is 10.1. The van der Waals surface area contributed by atoms with Gasteiger partial charge in [-0.3, -0.25) is 4.90 Å². The second-order valence-corrected chi connectivity index (χ2v) is 3.87. The van der Waals surface area contributed by atoms with Gasteiger partial charge in [-0.05, 0) is 18.4 Å². The van der Waals surface area contributed by atoms with Gasteiger partial charge in [-0.2, -0.15) is 0 Å². The average Bonchev–Trinajstić information content (AvgIpc) is 2.29. The van der Waals surface area contributed by atoms with Crippen LogP contribution in [-0.2, 0) is 17.7 Å². The van der Waals surface area contributed by atoms with Gasteiger partial charge in [0.25, 0.3) is 0 Å². The van der Waals surface area contributed by atoms with Crippen molar-refractivity contribution >= 4 is 0 Å². The van der Waals surface area contributed by atoms with Crippen LogP contribution in [0.2, 0.25) is 0 Å². The van der Waals surface area contributed by atoms with Crippen LogP contribution in [0, 0.1) is 0 Å². The Labute approximate surface area is 90.3 Å². The Kier molecular flexibility index (Phi) is 3.64. The zero-order chi connectivity index (χ0) is 10.5. The summed E-state index contributed by atoms with van der Waals surface area (Å²) in [4.78, 5) is 10.8. The molecule has 0 aromatic carbocycles. The lowest BCUT2D eigenvalue weighted by Crippen LogP contribution is -2.32. The highest BCUT2D eigenvalue weighted by Crippen LogP contribution is 2.15. The van der Waals surface area contributed by atoms with E-state index in [0.717, 1.165) is 39.1 Å². The maximum absolute atomic E-state index is 5.05. The molecule has 2 rings (SSSR count). The van der Waals surface area contributed by atoms with Crippen LogP contribution in [0.3, 0.4) is 0 Å². The topological polar surface area (TPSA) is 38.2 Å². The molecule has 0 amide bonds. The highest BCUT2D eigenvalue weighted by Gasteiger charge is 2.16. The van der Waals surface area contributed by atoms with Gasteiger partial charge in [0.1, 0.15) is 6.33 Å². The summed E-state index contributed by atoms with van der Waals surface area (Å²) in [5, 5.41) is 0. The van der Waals surface area contributed by atoms with Crippen LogP contribution < -0.4 is 0 Å². The molecule has 0 saturated carbocycles. The van der Waals surface area contributed by atoms with Crippen LogP contribution >= 0.6 is 0 Å². The second-order valence-electron chi connectivity index (χ2n) is 3.87. The summed E-state index contributed by atoms with van der Waals surface area (Å²) in [5.41, 5.74) is 2.49. The zero-order valence-electron chi connectivity index (χ0n) is 9.15. The van der Waals surface area contributed by atoms with E-state index in [2.05, 4.69) is 14.9 Å². The molecule has 82 valence electrons. The summed E-state index contributed by atoms with van der Waals surface area (Å²) in [5.74, 6) is 0. The first-order valence-corrected chi connectivity index (χ1v) is 5.39. The molecule has 0 fully saturated rings. The van der Waals surface area contributed by atoms with Crippen LogP contribution in [0.5, 0.6) is 0 Å². The van der Waals surface area contributed by atoms with Crippen LogP contribution in [0.1, 0.15) is 17.7 Å². The average molecular weight is 207 g/mol. The van der Waals surface area contributed by atoms with Gasteiger partial charge in [-0.25, -0.2) is 9.97 Å². The van der Waals surface area contributed by atoms with Crippen LogP contribution in [-0.4, -0.2) is 41.7 Å². The summed E-state index contributed by atoms with van der Waals surface area (Å²) in [6.45, 7) is 4.01. The molecule has 15 heavy (non-hydrogen) atoms. The molecule has 0 spiro atoms. The number of hydrogen-bond donors (Lipinski definition) is 0. The molecular weight excluding hydrogens is 190 g/mol. The third kappa shape index (κ3) is 2.73. The third-order valence-corrected chi connectivity index (χ3v) is 2.77. The van der Waals surface area contributed by atoms with Crippen molar-refractivity contribution < 1.29 is 4.74 Å². The van der Waals surface area contributed by atoms with E-state index in [9.17, 15) is 0 Å². The second kappa shape index (κ2) is 5.19. The molecule has 1 aliphatic heterocycles. The fourth-order valence-corrected chi connectivity index (χ4v) is 1.93. The van der Waals surface area contributed by atoms with Gasteiger partial charge in [0, 0.05) is 39.5 Å². The molecule has 0 N–H and O–H groups in total. The van der Waals surface area contributed by atoms with E-state index >= 15 is 0 Å². The van der Waals surface area contributed by atoms with Crippen LogP contribution in [0.15, 0.2) is 12.5 Å². The molecule has 0 aliphatic carbocycles. The predicted octanol–water partition coefficient (Wildman–Crippen LogP) is 0.871. The lowest BCUT2D eigenvalue weighted by Gasteiger charge is -2.27. The summed E-state index contributed by atoms with van der Waals surface area (Å²) in [7, 11) is 1.75. The van der Waals surface area contributed by atoms with Gasteiger partial charge in [-0.1, -0.05) is 0 Å². The molecule has 0 radical (unpaired) electrons. The van der Waals surface area contributed by atoms with Crippen molar-refractivity contribution in [3.05, 3.63) is 23.8 Å². The first kappa shape index (κ1) is 10.5. The monoisotopic (exact) mass is 207 g/mol. The Balaban J connectivity index is 1.88. The molecule has 0 unspecified atom stereocenters. The Hall–Kier alpha value is -1.00. The number of ether oxygens (including phenoxy) is 1. The Bertz CT molecular complexity index is 316. The molecule has 2 heterocycles. The number of methoxy groups -OCH3 is 1. The minimum atomic E-state index is 0.840. The summed E-state index contributed by atoms with van der Waals surface area (Å²) >= 11 is 0. The van der Waals surface area contributed by atoms with Gasteiger partial charge in [0.2, 0.25) is 0 Å². The number of nitrogens with zero attached hydrogens (tertiary/aromatic N) is 3. The standard InChI is InChI=1S/C11H17N3O/c1-15-6-2-4-14-5-3-10-7-12-9-13-11(10)8-14/h7,9H,2-6,8H2,1H3. The zero-order valence-corrected chi connectivity index (χ0v) is 9.15. The number of aromatic nitrogens is 2. The minimum Gasteiger partial charge on any atom is -0.385 e. The maximum Gasteiger partial charge on any atom is 0.115 e. The first-order valence-electron chi connectivity index (χ1n) is 5.39. The Morgan fingerprint density at radius 2 is 2.47 bits per heavy atom. The normalized spacial score (nSPS) is 16.3. The largest absolute Gasteiger partial charge is 0.385 e. The molecule has 4 nitrogen and oxygen atoms in total. The van der Waals surface area contributed by atoms with Crippen molar-refractivity contribution in [2.45, 2.75) is 19.4 Å². The van der Waals surface area contributed by atoms with E-state index in [0.29, 0.717) is 0 Å². The van der Waals surface area contributed by atoms with Gasteiger partial charge in [-0.15, -0.1) is 0 Å². The summed E-state index contributed by atoms with van der Waals surface area (Å²) in [6.07, 6.45) is 5.74. The van der Waals surface area contributed by atoms with Crippen LogP contribution in [0.25, 0.3) is 0 Å². The van der Waals surface area contributed by atoms with Crippen molar-refractivity contribution in [2.75, 3.05) is 26.8 Å². The van der Waals surface area contributed by atoms with E-state index in [4.69, 9.17) is 4.74 Å². The molecule has 1 aromatic rings. The summed E-state index contributed by atoms with van der Waals surface area (Å²) < 4.78 is 5.05. The van der Waals surface area contributed by atoms with Gasteiger partial charge < -0.3 is 4.74 Å². The van der Waals surface area contributed by atoms with Crippen molar-refractivity contribution in [1.29, 1.82) is 0 Å². The summed E-state index contributed by atoms with van der Waals surface area (Å²) in [6, 6.07) is 0. The molecule has 4 heteroatoms. The van der Waals surface area contributed by atoms with E-state index in [1.54, 1.807) is 13.4 Å². The van der Waals surface area contributed by atoms with Crippen molar-refractivity contribution in [1.82, 2.24) is 14.9 Å². The van der Waals surface area contributed by atoms with Crippen molar-refractivity contribution in [3.63, 3.8) is 0 Å². The molecule has 1 aromatic heterocycles. The van der Waals surface area contributed by atoms with Crippen molar-refractivity contribution in [3.8, 4) is 0 Å². The highest BCUT2D eigenvalue weighted by molar-refractivity contribution is 5.18. The molecule has 0 bridgehead atoms. The fourth-order valence-electron chi connectivity index (χ4n) is 1.93. The van der Waals surface area contributed by atoms with E-state index in [1.165, 1.54) is 11.3 Å². The van der Waals surface area contributed by atoms with Gasteiger partial charge >= 0.3 is 0 Å². The molecule has 0 atom stereocenters. The number of fused-ring (bicyclic) bond motifs is 1. The fraction of sp³-hybridized carbons (Fsp3) is 0.636. The van der Waals surface area contributed by atoms with Crippen molar-refractivity contribution in [2.24, 2.45) is 0 Å². The minimum absolute atomic E-state index is 0.840. The Morgan fingerprint density at radius 3 is 3.33 bits per heavy atom. The SMILES string of the molecule is COCCCN1CCc2cncnc2C1. The van der Waals surface area contributed by atoms with Gasteiger partial charge in [0.15, 0.2) is 0 Å². The maximum atomic E-state index is 5.05. The molecular formula is C11H17N3O. The quantitative estimate of drug-likeness (QED) is 0.687. The molecule has 1 aliphatic rings. The van der Waals surface area contributed by atoms with E-state index in [1.807, 2.05) is 6.20 Å². The third-order valence-electron chi connectivity index (χ3n) is 2.77. The van der Waals surface area contributed by atoms with E-state index < -0.39 is 0 Å².